The molecule has 1 aliphatic heterocycles. The molecule has 1 amide bonds. The smallest absolute Gasteiger partial charge is 0.223 e. The van der Waals surface area contributed by atoms with Crippen molar-refractivity contribution in [3.05, 3.63) is 64.7 Å². The van der Waals surface area contributed by atoms with Crippen LogP contribution in [0, 0.1) is 0 Å². The number of hydrogen-bond acceptors (Lipinski definition) is 3. The first-order chi connectivity index (χ1) is 11.6. The van der Waals surface area contributed by atoms with Crippen molar-refractivity contribution in [2.75, 3.05) is 6.61 Å². The van der Waals surface area contributed by atoms with Gasteiger partial charge in [0.1, 0.15) is 5.75 Å². The minimum atomic E-state index is -0.848. The first kappa shape index (κ1) is 16.8. The summed E-state index contributed by atoms with van der Waals surface area (Å²) in [6.07, 6.45) is 0.861. The maximum absolute atomic E-state index is 12.3. The number of nitrogens with one attached hydrogen (secondary N) is 1. The maximum Gasteiger partial charge on any atom is 0.223 e. The van der Waals surface area contributed by atoms with E-state index in [0.29, 0.717) is 17.2 Å². The van der Waals surface area contributed by atoms with Crippen molar-refractivity contribution in [3.8, 4) is 5.75 Å². The molecule has 5 heteroatoms. The summed E-state index contributed by atoms with van der Waals surface area (Å²) in [6, 6.07) is 14.5. The van der Waals surface area contributed by atoms with Crippen LogP contribution in [0.15, 0.2) is 48.5 Å². The SMILES string of the molecule is O=C(CC(O)c1ccc(Cl)cc1)NC1CCCOc2ccccc21. The Hall–Kier alpha value is -2.04. The van der Waals surface area contributed by atoms with Crippen LogP contribution in [0.25, 0.3) is 0 Å². The summed E-state index contributed by atoms with van der Waals surface area (Å²) in [4.78, 5) is 12.3. The quantitative estimate of drug-likeness (QED) is 0.886. The molecule has 2 atom stereocenters. The van der Waals surface area contributed by atoms with E-state index >= 15 is 0 Å². The van der Waals surface area contributed by atoms with Crippen LogP contribution < -0.4 is 10.1 Å². The van der Waals surface area contributed by atoms with Crippen LogP contribution in [-0.2, 0) is 4.79 Å². The molecule has 2 aromatic rings. The Morgan fingerprint density at radius 2 is 2.00 bits per heavy atom. The third-order valence-electron chi connectivity index (χ3n) is 4.16. The molecule has 0 fully saturated rings. The van der Waals surface area contributed by atoms with E-state index in [9.17, 15) is 9.90 Å². The van der Waals surface area contributed by atoms with Gasteiger partial charge in [0.05, 0.1) is 25.2 Å². The van der Waals surface area contributed by atoms with Gasteiger partial charge in [-0.3, -0.25) is 4.79 Å². The molecular weight excluding hydrogens is 326 g/mol. The second-order valence-corrected chi connectivity index (χ2v) is 6.36. The monoisotopic (exact) mass is 345 g/mol. The van der Waals surface area contributed by atoms with Gasteiger partial charge in [-0.25, -0.2) is 0 Å². The average molecular weight is 346 g/mol. The highest BCUT2D eigenvalue weighted by Gasteiger charge is 2.22. The minimum Gasteiger partial charge on any atom is -0.493 e. The molecule has 0 radical (unpaired) electrons. The second kappa shape index (κ2) is 7.69. The van der Waals surface area contributed by atoms with Gasteiger partial charge in [0.25, 0.3) is 0 Å². The summed E-state index contributed by atoms with van der Waals surface area (Å²) < 4.78 is 5.71. The number of carbonyl (C=O) groups excluding carboxylic acids is 1. The first-order valence-corrected chi connectivity index (χ1v) is 8.46. The molecule has 4 nitrogen and oxygen atoms in total. The van der Waals surface area contributed by atoms with Crippen LogP contribution >= 0.6 is 11.6 Å². The van der Waals surface area contributed by atoms with Crippen LogP contribution in [0.4, 0.5) is 0 Å². The maximum atomic E-state index is 12.3. The second-order valence-electron chi connectivity index (χ2n) is 5.92. The summed E-state index contributed by atoms with van der Waals surface area (Å²) in [5, 5.41) is 13.9. The third kappa shape index (κ3) is 4.08. The zero-order valence-electron chi connectivity index (χ0n) is 13.2. The van der Waals surface area contributed by atoms with E-state index < -0.39 is 6.10 Å². The van der Waals surface area contributed by atoms with Crippen molar-refractivity contribution in [1.29, 1.82) is 0 Å². The van der Waals surface area contributed by atoms with E-state index in [4.69, 9.17) is 16.3 Å². The number of aliphatic hydroxyl groups excluding tert-OH is 1. The molecule has 0 aliphatic carbocycles. The number of amides is 1. The predicted octanol–water partition coefficient (Wildman–Crippen LogP) is 3.79. The number of para-hydroxylation sites is 1. The molecule has 0 bridgehead atoms. The number of hydrogen-bond donors (Lipinski definition) is 2. The molecular formula is C19H20ClNO3. The lowest BCUT2D eigenvalue weighted by atomic mass is 10.0. The van der Waals surface area contributed by atoms with Gasteiger partial charge in [-0.05, 0) is 36.6 Å². The van der Waals surface area contributed by atoms with Crippen LogP contribution in [0.5, 0.6) is 5.75 Å². The lowest BCUT2D eigenvalue weighted by Crippen LogP contribution is -2.29. The predicted molar refractivity (Wildman–Crippen MR) is 93.1 cm³/mol. The number of rotatable bonds is 4. The molecule has 126 valence electrons. The van der Waals surface area contributed by atoms with Crippen molar-refractivity contribution in [2.24, 2.45) is 0 Å². The fourth-order valence-corrected chi connectivity index (χ4v) is 3.03. The Balaban J connectivity index is 1.65. The van der Waals surface area contributed by atoms with Crippen LogP contribution in [0.2, 0.25) is 5.02 Å². The van der Waals surface area contributed by atoms with Gasteiger partial charge in [0, 0.05) is 10.6 Å². The Morgan fingerprint density at radius 3 is 2.79 bits per heavy atom. The Morgan fingerprint density at radius 1 is 1.25 bits per heavy atom. The highest BCUT2D eigenvalue weighted by Crippen LogP contribution is 2.31. The normalized spacial score (nSPS) is 18.0. The molecule has 24 heavy (non-hydrogen) atoms. The molecule has 1 aliphatic rings. The van der Waals surface area contributed by atoms with Gasteiger partial charge >= 0.3 is 0 Å². The van der Waals surface area contributed by atoms with Gasteiger partial charge in [-0.1, -0.05) is 41.9 Å². The minimum absolute atomic E-state index is 0.0150. The van der Waals surface area contributed by atoms with Crippen molar-refractivity contribution in [2.45, 2.75) is 31.4 Å². The number of benzene rings is 2. The first-order valence-electron chi connectivity index (χ1n) is 8.08. The Kier molecular flexibility index (Phi) is 5.38. The van der Waals surface area contributed by atoms with E-state index in [1.54, 1.807) is 24.3 Å². The summed E-state index contributed by atoms with van der Waals surface area (Å²) in [5.41, 5.74) is 1.67. The number of ether oxygens (including phenoxy) is 1. The fourth-order valence-electron chi connectivity index (χ4n) is 2.91. The number of aliphatic hydroxyl groups is 1. The average Bonchev–Trinajstić information content (AvgIpc) is 2.78. The van der Waals surface area contributed by atoms with Crippen LogP contribution in [-0.4, -0.2) is 17.6 Å². The Labute approximate surface area is 146 Å². The molecule has 0 saturated carbocycles. The lowest BCUT2D eigenvalue weighted by molar-refractivity contribution is -0.123. The molecule has 0 aromatic heterocycles. The molecule has 2 aromatic carbocycles. The fraction of sp³-hybridized carbons (Fsp3) is 0.316. The van der Waals surface area contributed by atoms with Gasteiger partial charge in [-0.15, -0.1) is 0 Å². The van der Waals surface area contributed by atoms with E-state index in [1.165, 1.54) is 0 Å². The van der Waals surface area contributed by atoms with Crippen molar-refractivity contribution in [3.63, 3.8) is 0 Å². The van der Waals surface area contributed by atoms with E-state index in [0.717, 1.165) is 24.2 Å². The van der Waals surface area contributed by atoms with Crippen molar-refractivity contribution in [1.82, 2.24) is 5.32 Å². The van der Waals surface area contributed by atoms with E-state index in [2.05, 4.69) is 5.32 Å². The molecule has 0 saturated heterocycles. The van der Waals surface area contributed by atoms with Gasteiger partial charge < -0.3 is 15.2 Å². The zero-order chi connectivity index (χ0) is 16.9. The molecule has 0 spiro atoms. The topological polar surface area (TPSA) is 58.6 Å². The standard InChI is InChI=1S/C19H20ClNO3/c20-14-9-7-13(8-10-14)17(22)12-19(23)21-16-5-3-11-24-18-6-2-1-4-15(16)18/h1-2,4,6-10,16-17,22H,3,5,11-12H2,(H,21,23). The van der Waals surface area contributed by atoms with Gasteiger partial charge in [0.2, 0.25) is 5.91 Å². The lowest BCUT2D eigenvalue weighted by Gasteiger charge is -2.19. The largest absolute Gasteiger partial charge is 0.493 e. The molecule has 2 unspecified atom stereocenters. The van der Waals surface area contributed by atoms with Crippen molar-refractivity contribution >= 4 is 17.5 Å². The molecule has 3 rings (SSSR count). The summed E-state index contributed by atoms with van der Waals surface area (Å²) >= 11 is 5.84. The van der Waals surface area contributed by atoms with Gasteiger partial charge in [0.15, 0.2) is 0 Å². The number of halogens is 1. The van der Waals surface area contributed by atoms with Crippen LogP contribution in [0.3, 0.4) is 0 Å². The summed E-state index contributed by atoms with van der Waals surface area (Å²) in [6.45, 7) is 0.650. The number of carbonyl (C=O) groups is 1. The highest BCUT2D eigenvalue weighted by atomic mass is 35.5. The van der Waals surface area contributed by atoms with E-state index in [-0.39, 0.29) is 18.4 Å². The van der Waals surface area contributed by atoms with Crippen molar-refractivity contribution < 1.29 is 14.6 Å². The van der Waals surface area contributed by atoms with Crippen LogP contribution in [0.1, 0.15) is 42.5 Å². The summed E-state index contributed by atoms with van der Waals surface area (Å²) in [7, 11) is 0. The molecule has 1 heterocycles. The zero-order valence-corrected chi connectivity index (χ0v) is 14.0. The molecule has 2 N–H and O–H groups in total. The van der Waals surface area contributed by atoms with Gasteiger partial charge in [-0.2, -0.15) is 0 Å². The third-order valence-corrected chi connectivity index (χ3v) is 4.41. The van der Waals surface area contributed by atoms with E-state index in [1.807, 2.05) is 24.3 Å². The number of fused-ring (bicyclic) bond motifs is 1. The summed E-state index contributed by atoms with van der Waals surface area (Å²) in [5.74, 6) is 0.637. The highest BCUT2D eigenvalue weighted by molar-refractivity contribution is 6.30. The Bertz CT molecular complexity index is 702.